The van der Waals surface area contributed by atoms with Crippen molar-refractivity contribution in [2.75, 3.05) is 31.2 Å². The van der Waals surface area contributed by atoms with Gasteiger partial charge in [-0.2, -0.15) is 0 Å². The first kappa shape index (κ1) is 17.8. The zero-order valence-electron chi connectivity index (χ0n) is 16.4. The van der Waals surface area contributed by atoms with E-state index in [1.807, 2.05) is 50.2 Å². The van der Waals surface area contributed by atoms with E-state index in [1.165, 1.54) is 0 Å². The van der Waals surface area contributed by atoms with Gasteiger partial charge in [0.2, 0.25) is 0 Å². The normalized spacial score (nSPS) is 14.6. The van der Waals surface area contributed by atoms with Crippen molar-refractivity contribution >= 4 is 16.9 Å². The lowest BCUT2D eigenvalue weighted by Gasteiger charge is -2.27. The second-order valence-electron chi connectivity index (χ2n) is 7.32. The summed E-state index contributed by atoms with van der Waals surface area (Å²) in [7, 11) is 0. The van der Waals surface area contributed by atoms with Gasteiger partial charge >= 0.3 is 0 Å². The van der Waals surface area contributed by atoms with Crippen LogP contribution in [0.25, 0.3) is 33.7 Å². The van der Waals surface area contributed by atoms with Gasteiger partial charge in [-0.25, -0.2) is 9.97 Å². The van der Waals surface area contributed by atoms with Crippen molar-refractivity contribution in [3.63, 3.8) is 0 Å². The minimum atomic E-state index is -0.0447. The molecule has 3 aliphatic rings. The highest BCUT2D eigenvalue weighted by atomic mass is 16.5. The van der Waals surface area contributed by atoms with E-state index in [4.69, 9.17) is 14.1 Å². The van der Waals surface area contributed by atoms with Gasteiger partial charge in [0.1, 0.15) is 17.0 Å². The highest BCUT2D eigenvalue weighted by Crippen LogP contribution is 2.35. The summed E-state index contributed by atoms with van der Waals surface area (Å²) in [6, 6.07) is 11.5. The SMILES string of the molecule is Cc1c2nc3ccccc3oc-2c(-c2ccc(N3CCOCC3)nc2)c(=O)c1C. The van der Waals surface area contributed by atoms with E-state index < -0.39 is 0 Å². The number of hydrogen-bond donors (Lipinski definition) is 0. The standard InChI is InChI=1S/C23H21N3O3/c1-14-15(2)22(27)20(23-21(14)25-17-5-3-4-6-18(17)29-23)16-7-8-19(24-13-16)26-9-11-28-12-10-26/h3-8,13H,9-12H2,1-2H3. The first-order valence-electron chi connectivity index (χ1n) is 9.75. The van der Waals surface area contributed by atoms with Gasteiger partial charge in [-0.15, -0.1) is 0 Å². The molecule has 3 heterocycles. The summed E-state index contributed by atoms with van der Waals surface area (Å²) in [5, 5.41) is 0. The number of fused-ring (bicyclic) bond motifs is 2. The van der Waals surface area contributed by atoms with Gasteiger partial charge in [0.25, 0.3) is 0 Å². The molecule has 0 amide bonds. The van der Waals surface area contributed by atoms with Crippen molar-refractivity contribution in [1.29, 1.82) is 0 Å². The number of hydrogen-bond acceptors (Lipinski definition) is 6. The summed E-state index contributed by atoms with van der Waals surface area (Å²) in [6.07, 6.45) is 1.75. The van der Waals surface area contributed by atoms with Crippen LogP contribution in [0.15, 0.2) is 51.8 Å². The molecule has 2 aliphatic heterocycles. The van der Waals surface area contributed by atoms with Crippen LogP contribution in [-0.4, -0.2) is 36.3 Å². The minimum Gasteiger partial charge on any atom is -0.452 e. The van der Waals surface area contributed by atoms with Crippen LogP contribution >= 0.6 is 0 Å². The molecule has 2 aromatic rings. The fraction of sp³-hybridized carbons (Fsp3) is 0.261. The molecule has 1 aromatic carbocycles. The number of aromatic nitrogens is 2. The molecule has 5 rings (SSSR count). The Morgan fingerprint density at radius 2 is 1.79 bits per heavy atom. The van der Waals surface area contributed by atoms with Gasteiger partial charge in [0, 0.05) is 30.4 Å². The molecule has 6 nitrogen and oxygen atoms in total. The number of anilines is 1. The number of morpholine rings is 1. The molecule has 1 aromatic heterocycles. The number of pyridine rings is 1. The van der Waals surface area contributed by atoms with Crippen LogP contribution in [0.2, 0.25) is 0 Å². The number of rotatable bonds is 2. The number of nitrogens with zero attached hydrogens (tertiary/aromatic N) is 3. The van der Waals surface area contributed by atoms with Crippen LogP contribution in [0.5, 0.6) is 0 Å². The largest absolute Gasteiger partial charge is 0.452 e. The third-order valence-electron chi connectivity index (χ3n) is 5.61. The fourth-order valence-corrected chi connectivity index (χ4v) is 3.80. The molecule has 29 heavy (non-hydrogen) atoms. The van der Waals surface area contributed by atoms with Gasteiger partial charge in [0.15, 0.2) is 16.8 Å². The van der Waals surface area contributed by atoms with Crippen LogP contribution in [0, 0.1) is 13.8 Å². The average Bonchev–Trinajstić information content (AvgIpc) is 2.78. The molecule has 0 spiro atoms. The highest BCUT2D eigenvalue weighted by molar-refractivity contribution is 5.86. The third-order valence-corrected chi connectivity index (χ3v) is 5.61. The summed E-state index contributed by atoms with van der Waals surface area (Å²) in [6.45, 7) is 6.79. The number of ether oxygens (including phenoxy) is 1. The first-order valence-corrected chi connectivity index (χ1v) is 9.75. The van der Waals surface area contributed by atoms with E-state index in [0.29, 0.717) is 41.4 Å². The molecule has 0 bridgehead atoms. The molecule has 0 unspecified atom stereocenters. The van der Waals surface area contributed by atoms with E-state index in [-0.39, 0.29) is 5.43 Å². The first-order chi connectivity index (χ1) is 14.1. The Balaban J connectivity index is 1.69. The maximum atomic E-state index is 13.2. The van der Waals surface area contributed by atoms with Crippen LogP contribution in [0.4, 0.5) is 5.82 Å². The van der Waals surface area contributed by atoms with E-state index in [2.05, 4.69) is 9.88 Å². The van der Waals surface area contributed by atoms with Crippen molar-refractivity contribution in [2.24, 2.45) is 0 Å². The van der Waals surface area contributed by atoms with Crippen molar-refractivity contribution in [3.05, 3.63) is 63.9 Å². The van der Waals surface area contributed by atoms with Gasteiger partial charge in [-0.1, -0.05) is 12.1 Å². The second-order valence-corrected chi connectivity index (χ2v) is 7.32. The van der Waals surface area contributed by atoms with Crippen LogP contribution in [0.3, 0.4) is 0 Å². The smallest absolute Gasteiger partial charge is 0.193 e. The molecule has 0 atom stereocenters. The maximum absolute atomic E-state index is 13.2. The zero-order chi connectivity index (χ0) is 20.0. The van der Waals surface area contributed by atoms with Crippen molar-refractivity contribution < 1.29 is 9.15 Å². The molecule has 0 radical (unpaired) electrons. The predicted molar refractivity (Wildman–Crippen MR) is 113 cm³/mol. The average molecular weight is 387 g/mol. The molecule has 1 saturated heterocycles. The van der Waals surface area contributed by atoms with Crippen molar-refractivity contribution in [2.45, 2.75) is 13.8 Å². The van der Waals surface area contributed by atoms with Crippen molar-refractivity contribution in [3.8, 4) is 22.6 Å². The minimum absolute atomic E-state index is 0.0447. The monoisotopic (exact) mass is 387 g/mol. The lowest BCUT2D eigenvalue weighted by Crippen LogP contribution is -2.36. The lowest BCUT2D eigenvalue weighted by atomic mass is 9.94. The molecular weight excluding hydrogens is 366 g/mol. The molecule has 1 aliphatic carbocycles. The highest BCUT2D eigenvalue weighted by Gasteiger charge is 2.24. The molecule has 6 heteroatoms. The molecule has 0 N–H and O–H groups in total. The second kappa shape index (κ2) is 6.97. The van der Waals surface area contributed by atoms with Gasteiger partial charge < -0.3 is 14.1 Å². The topological polar surface area (TPSA) is 68.5 Å². The summed E-state index contributed by atoms with van der Waals surface area (Å²) in [5.41, 5.74) is 4.88. The number of benzene rings is 2. The Kier molecular flexibility index (Phi) is 4.28. The van der Waals surface area contributed by atoms with Crippen molar-refractivity contribution in [1.82, 2.24) is 9.97 Å². The third kappa shape index (κ3) is 2.96. The predicted octanol–water partition coefficient (Wildman–Crippen LogP) is 3.81. The summed E-state index contributed by atoms with van der Waals surface area (Å²) >= 11 is 0. The Labute approximate surface area is 168 Å². The summed E-state index contributed by atoms with van der Waals surface area (Å²) in [5.74, 6) is 1.40. The Morgan fingerprint density at radius 1 is 1.00 bits per heavy atom. The van der Waals surface area contributed by atoms with E-state index >= 15 is 0 Å². The maximum Gasteiger partial charge on any atom is 0.193 e. The van der Waals surface area contributed by atoms with E-state index in [9.17, 15) is 4.79 Å². The van der Waals surface area contributed by atoms with Crippen LogP contribution in [-0.2, 0) is 4.74 Å². The van der Waals surface area contributed by atoms with Crippen LogP contribution in [0.1, 0.15) is 11.1 Å². The Bertz CT molecular complexity index is 1220. The van der Waals surface area contributed by atoms with E-state index in [0.717, 1.165) is 35.6 Å². The van der Waals surface area contributed by atoms with Gasteiger partial charge in [-0.3, -0.25) is 4.79 Å². The molecular formula is C23H21N3O3. The quantitative estimate of drug-likeness (QED) is 0.487. The molecule has 0 saturated carbocycles. The van der Waals surface area contributed by atoms with Gasteiger partial charge in [0.05, 0.1) is 18.8 Å². The molecule has 146 valence electrons. The van der Waals surface area contributed by atoms with Gasteiger partial charge in [-0.05, 0) is 43.7 Å². The fourth-order valence-electron chi connectivity index (χ4n) is 3.80. The van der Waals surface area contributed by atoms with Crippen LogP contribution < -0.4 is 10.3 Å². The Morgan fingerprint density at radius 3 is 2.55 bits per heavy atom. The summed E-state index contributed by atoms with van der Waals surface area (Å²) in [4.78, 5) is 24.8. The zero-order valence-corrected chi connectivity index (χ0v) is 16.4. The molecule has 1 fully saturated rings. The summed E-state index contributed by atoms with van der Waals surface area (Å²) < 4.78 is 11.6. The van der Waals surface area contributed by atoms with E-state index in [1.54, 1.807) is 6.20 Å². The number of para-hydroxylation sites is 2. The Hall–Kier alpha value is -3.25. The lowest BCUT2D eigenvalue weighted by molar-refractivity contribution is 0.122.